The van der Waals surface area contributed by atoms with Crippen molar-refractivity contribution >= 4 is 17.9 Å². The minimum absolute atomic E-state index is 0.185. The second-order valence-electron chi connectivity index (χ2n) is 8.50. The van der Waals surface area contributed by atoms with Crippen LogP contribution >= 0.6 is 0 Å². The number of carbonyl (C=O) groups excluding carboxylic acids is 2. The molecule has 0 radical (unpaired) electrons. The second kappa shape index (κ2) is 6.90. The van der Waals surface area contributed by atoms with Gasteiger partial charge in [0.1, 0.15) is 16.6 Å². The van der Waals surface area contributed by atoms with E-state index in [0.717, 1.165) is 6.42 Å². The minimum atomic E-state index is -1.00. The van der Waals surface area contributed by atoms with E-state index in [1.54, 1.807) is 12.2 Å². The Morgan fingerprint density at radius 3 is 2.68 bits per heavy atom. The minimum Gasteiger partial charge on any atom is -0.478 e. The van der Waals surface area contributed by atoms with E-state index in [1.165, 1.54) is 25.5 Å². The number of hydrogen-bond donors (Lipinski definition) is 1. The summed E-state index contributed by atoms with van der Waals surface area (Å²) in [6, 6.07) is 0. The zero-order valence-electron chi connectivity index (χ0n) is 16.9. The predicted octanol–water partition coefficient (Wildman–Crippen LogP) is 3.72. The second-order valence-corrected chi connectivity index (χ2v) is 8.50. The average molecular weight is 388 g/mol. The molecule has 0 amide bonds. The number of cyclic esters (lactones) is 1. The molecule has 0 aromatic rings. The highest BCUT2D eigenvalue weighted by Crippen LogP contribution is 2.65. The van der Waals surface area contributed by atoms with Gasteiger partial charge in [0, 0.05) is 18.4 Å². The van der Waals surface area contributed by atoms with Gasteiger partial charge in [-0.1, -0.05) is 23.8 Å². The van der Waals surface area contributed by atoms with Crippen LogP contribution in [-0.2, 0) is 23.9 Å². The van der Waals surface area contributed by atoms with Gasteiger partial charge in [-0.25, -0.2) is 4.79 Å². The number of rotatable bonds is 4. The van der Waals surface area contributed by atoms with Crippen molar-refractivity contribution in [1.29, 1.82) is 0 Å². The van der Waals surface area contributed by atoms with E-state index < -0.39 is 28.6 Å². The number of carboxylic acids is 1. The largest absolute Gasteiger partial charge is 0.478 e. The van der Waals surface area contributed by atoms with Gasteiger partial charge < -0.3 is 14.6 Å². The van der Waals surface area contributed by atoms with Gasteiger partial charge in [0.25, 0.3) is 0 Å². The lowest BCUT2D eigenvalue weighted by Gasteiger charge is -2.54. The molecular formula is C22H28O6. The lowest BCUT2D eigenvalue weighted by atomic mass is 9.62. The van der Waals surface area contributed by atoms with E-state index >= 15 is 0 Å². The van der Waals surface area contributed by atoms with Gasteiger partial charge in [-0.2, -0.15) is 0 Å². The van der Waals surface area contributed by atoms with E-state index in [-0.39, 0.29) is 17.5 Å². The molecule has 1 saturated carbocycles. The molecule has 1 aliphatic heterocycles. The topological polar surface area (TPSA) is 89.9 Å². The first-order chi connectivity index (χ1) is 13.1. The standard InChI is InChI=1S/C22H28O6/c1-14-7-11-21-12-9-17(22(21,13-8-14)27-16(3)23)20(4,28-19(21)26)10-5-6-15(2)18(24)25/h5-7,10,17H,8-9,11-13H2,1-4H3,(H,24,25)/b10-5+,15-6+. The van der Waals surface area contributed by atoms with Gasteiger partial charge in [0.15, 0.2) is 0 Å². The number of hydrogen-bond acceptors (Lipinski definition) is 5. The van der Waals surface area contributed by atoms with Crippen molar-refractivity contribution in [2.45, 2.75) is 71.0 Å². The van der Waals surface area contributed by atoms with Crippen molar-refractivity contribution < 1.29 is 29.0 Å². The Hall–Kier alpha value is -2.37. The van der Waals surface area contributed by atoms with Gasteiger partial charge in [-0.3, -0.25) is 9.59 Å². The molecule has 2 aliphatic carbocycles. The third-order valence-corrected chi connectivity index (χ3v) is 6.75. The molecule has 6 heteroatoms. The zero-order chi connectivity index (χ0) is 20.7. The molecule has 0 spiro atoms. The molecule has 6 nitrogen and oxygen atoms in total. The molecule has 152 valence electrons. The maximum Gasteiger partial charge on any atom is 0.331 e. The van der Waals surface area contributed by atoms with Crippen molar-refractivity contribution in [3.8, 4) is 0 Å². The van der Waals surface area contributed by atoms with E-state index in [0.29, 0.717) is 25.7 Å². The Kier molecular flexibility index (Phi) is 5.02. The molecular weight excluding hydrogens is 360 g/mol. The molecule has 2 fully saturated rings. The molecule has 0 aromatic heterocycles. The van der Waals surface area contributed by atoms with Crippen LogP contribution in [0, 0.1) is 11.3 Å². The number of ether oxygens (including phenoxy) is 2. The molecule has 28 heavy (non-hydrogen) atoms. The molecule has 1 heterocycles. The summed E-state index contributed by atoms with van der Waals surface area (Å²) in [4.78, 5) is 36.4. The van der Waals surface area contributed by atoms with E-state index in [9.17, 15) is 14.4 Å². The van der Waals surface area contributed by atoms with Gasteiger partial charge in [0.05, 0.1) is 0 Å². The van der Waals surface area contributed by atoms with Gasteiger partial charge in [-0.05, 0) is 59.0 Å². The van der Waals surface area contributed by atoms with Crippen molar-refractivity contribution in [3.05, 3.63) is 35.5 Å². The number of esters is 2. The van der Waals surface area contributed by atoms with Crippen LogP contribution in [0.3, 0.4) is 0 Å². The van der Waals surface area contributed by atoms with Crippen LogP contribution in [0.1, 0.15) is 59.8 Å². The van der Waals surface area contributed by atoms with E-state index in [2.05, 4.69) is 6.08 Å². The summed E-state index contributed by atoms with van der Waals surface area (Å²) in [7, 11) is 0. The smallest absolute Gasteiger partial charge is 0.331 e. The highest BCUT2D eigenvalue weighted by Gasteiger charge is 2.74. The fourth-order valence-corrected chi connectivity index (χ4v) is 5.25. The Labute approximate surface area is 165 Å². The summed E-state index contributed by atoms with van der Waals surface area (Å²) < 4.78 is 11.9. The van der Waals surface area contributed by atoms with E-state index in [4.69, 9.17) is 14.6 Å². The quantitative estimate of drug-likeness (QED) is 0.342. The Morgan fingerprint density at radius 2 is 2.04 bits per heavy atom. The molecule has 0 aromatic carbocycles. The van der Waals surface area contributed by atoms with Crippen molar-refractivity contribution in [1.82, 2.24) is 0 Å². The van der Waals surface area contributed by atoms with Crippen LogP contribution in [-0.4, -0.2) is 34.2 Å². The highest BCUT2D eigenvalue weighted by atomic mass is 16.6. The lowest BCUT2D eigenvalue weighted by Crippen LogP contribution is -2.65. The first kappa shape index (κ1) is 20.4. The van der Waals surface area contributed by atoms with Crippen molar-refractivity contribution in [2.24, 2.45) is 11.3 Å². The Morgan fingerprint density at radius 1 is 1.32 bits per heavy atom. The molecule has 1 saturated heterocycles. The fourth-order valence-electron chi connectivity index (χ4n) is 5.25. The first-order valence-corrected chi connectivity index (χ1v) is 9.74. The van der Waals surface area contributed by atoms with Crippen LogP contribution in [0.15, 0.2) is 35.5 Å². The van der Waals surface area contributed by atoms with Gasteiger partial charge in [0.2, 0.25) is 0 Å². The number of allylic oxidation sites excluding steroid dienone is 4. The molecule has 3 rings (SSSR count). The van der Waals surface area contributed by atoms with Crippen LogP contribution < -0.4 is 0 Å². The summed E-state index contributed by atoms with van der Waals surface area (Å²) in [6.07, 6.45) is 10.1. The van der Waals surface area contributed by atoms with E-state index in [1.807, 2.05) is 13.8 Å². The number of carboxylic acid groups (broad SMARTS) is 1. The summed E-state index contributed by atoms with van der Waals surface area (Å²) in [5.41, 5.74) is -1.35. The van der Waals surface area contributed by atoms with Gasteiger partial charge in [-0.15, -0.1) is 0 Å². The average Bonchev–Trinajstić information content (AvgIpc) is 2.77. The van der Waals surface area contributed by atoms with Crippen LogP contribution in [0.4, 0.5) is 0 Å². The van der Waals surface area contributed by atoms with Crippen LogP contribution in [0.2, 0.25) is 0 Å². The highest BCUT2D eigenvalue weighted by molar-refractivity contribution is 5.86. The maximum absolute atomic E-state index is 13.3. The summed E-state index contributed by atoms with van der Waals surface area (Å²) >= 11 is 0. The third kappa shape index (κ3) is 2.99. The number of carbonyl (C=O) groups is 3. The fraction of sp³-hybridized carbons (Fsp3) is 0.591. The molecule has 4 atom stereocenters. The molecule has 4 unspecified atom stereocenters. The Balaban J connectivity index is 2.07. The van der Waals surface area contributed by atoms with Crippen molar-refractivity contribution in [3.63, 3.8) is 0 Å². The summed E-state index contributed by atoms with van der Waals surface area (Å²) in [5, 5.41) is 9.03. The molecule has 1 N–H and O–H groups in total. The molecule has 2 bridgehead atoms. The molecule has 3 aliphatic rings. The van der Waals surface area contributed by atoms with Crippen LogP contribution in [0.5, 0.6) is 0 Å². The first-order valence-electron chi connectivity index (χ1n) is 9.74. The lowest BCUT2D eigenvalue weighted by molar-refractivity contribution is -0.235. The summed E-state index contributed by atoms with van der Waals surface area (Å²) in [5.74, 6) is -1.91. The normalized spacial score (nSPS) is 37.7. The van der Waals surface area contributed by atoms with Crippen molar-refractivity contribution in [2.75, 3.05) is 0 Å². The predicted molar refractivity (Wildman–Crippen MR) is 102 cm³/mol. The number of aliphatic carboxylic acids is 1. The Bertz CT molecular complexity index is 806. The third-order valence-electron chi connectivity index (χ3n) is 6.75. The van der Waals surface area contributed by atoms with Gasteiger partial charge >= 0.3 is 17.9 Å². The zero-order valence-corrected chi connectivity index (χ0v) is 16.9. The monoisotopic (exact) mass is 388 g/mol. The SMILES string of the molecule is CC(=O)OC12CCC(C)=CCC13CCC2C(C)(/C=C/C=C(\C)C(=O)O)OC3=O. The maximum atomic E-state index is 13.3. The summed E-state index contributed by atoms with van der Waals surface area (Å²) in [6.45, 7) is 6.75. The van der Waals surface area contributed by atoms with Crippen LogP contribution in [0.25, 0.3) is 0 Å².